The van der Waals surface area contributed by atoms with Gasteiger partial charge in [-0.3, -0.25) is 4.79 Å². The van der Waals surface area contributed by atoms with Crippen LogP contribution in [0.2, 0.25) is 0 Å². The van der Waals surface area contributed by atoms with Crippen molar-refractivity contribution in [2.24, 2.45) is 5.92 Å². The number of carbonyl (C=O) groups excluding carboxylic acids is 1. The molecule has 2 aliphatic rings. The molecule has 0 aliphatic heterocycles. The Hall–Kier alpha value is -1.13. The highest BCUT2D eigenvalue weighted by atomic mass is 35.5. The number of halogens is 2. The molecule has 21 heavy (non-hydrogen) atoms. The molecule has 2 saturated carbocycles. The minimum absolute atomic E-state index is 0. The summed E-state index contributed by atoms with van der Waals surface area (Å²) in [6.07, 6.45) is 4.65. The van der Waals surface area contributed by atoms with Crippen LogP contribution in [-0.4, -0.2) is 29.9 Å². The lowest BCUT2D eigenvalue weighted by atomic mass is 10.2. The van der Waals surface area contributed by atoms with Gasteiger partial charge < -0.3 is 10.2 Å². The molecular formula is C16H22ClFN2O. The Labute approximate surface area is 131 Å². The fourth-order valence-electron chi connectivity index (χ4n) is 2.42. The molecule has 0 saturated heterocycles. The van der Waals surface area contributed by atoms with E-state index in [0.717, 1.165) is 25.3 Å². The Bertz CT molecular complexity index is 489. The Kier molecular flexibility index (Phi) is 5.59. The maximum atomic E-state index is 13.7. The maximum absolute atomic E-state index is 13.7. The van der Waals surface area contributed by atoms with Gasteiger partial charge in [0.2, 0.25) is 5.91 Å². The van der Waals surface area contributed by atoms with Crippen LogP contribution in [0.15, 0.2) is 24.3 Å². The van der Waals surface area contributed by atoms with Crippen LogP contribution >= 0.6 is 12.4 Å². The van der Waals surface area contributed by atoms with Gasteiger partial charge in [0.05, 0.1) is 6.54 Å². The van der Waals surface area contributed by atoms with Gasteiger partial charge in [-0.15, -0.1) is 12.4 Å². The third-order valence-electron chi connectivity index (χ3n) is 4.01. The number of hydrogen-bond donors (Lipinski definition) is 1. The number of benzene rings is 1. The van der Waals surface area contributed by atoms with Crippen LogP contribution in [-0.2, 0) is 11.3 Å². The summed E-state index contributed by atoms with van der Waals surface area (Å²) in [6.45, 7) is 1.70. The zero-order valence-electron chi connectivity index (χ0n) is 12.1. The smallest absolute Gasteiger partial charge is 0.237 e. The predicted molar refractivity (Wildman–Crippen MR) is 82.8 cm³/mol. The van der Waals surface area contributed by atoms with Crippen LogP contribution in [0.1, 0.15) is 31.2 Å². The van der Waals surface area contributed by atoms with Crippen molar-refractivity contribution < 1.29 is 9.18 Å². The summed E-state index contributed by atoms with van der Waals surface area (Å²) in [5.74, 6) is 0.636. The van der Waals surface area contributed by atoms with Crippen LogP contribution in [0.4, 0.5) is 4.39 Å². The van der Waals surface area contributed by atoms with E-state index in [4.69, 9.17) is 0 Å². The van der Waals surface area contributed by atoms with E-state index in [9.17, 15) is 9.18 Å². The Morgan fingerprint density at radius 2 is 1.95 bits per heavy atom. The fourth-order valence-corrected chi connectivity index (χ4v) is 2.42. The van der Waals surface area contributed by atoms with E-state index in [2.05, 4.69) is 5.32 Å². The molecule has 3 nitrogen and oxygen atoms in total. The number of carbonyl (C=O) groups is 1. The highest BCUT2D eigenvalue weighted by Crippen LogP contribution is 2.29. The summed E-state index contributed by atoms with van der Waals surface area (Å²) in [7, 11) is 0. The lowest BCUT2D eigenvalue weighted by Gasteiger charge is -2.23. The average Bonchev–Trinajstić information content (AvgIpc) is 3.31. The van der Waals surface area contributed by atoms with Gasteiger partial charge in [0.15, 0.2) is 0 Å². The quantitative estimate of drug-likeness (QED) is 0.839. The summed E-state index contributed by atoms with van der Waals surface area (Å²) in [4.78, 5) is 14.1. The molecule has 0 atom stereocenters. The van der Waals surface area contributed by atoms with Crippen molar-refractivity contribution in [3.8, 4) is 0 Å². The number of nitrogens with one attached hydrogen (secondary N) is 1. The van der Waals surface area contributed by atoms with Crippen LogP contribution < -0.4 is 5.32 Å². The Balaban J connectivity index is 0.00000161. The second kappa shape index (κ2) is 7.23. The van der Waals surface area contributed by atoms with Gasteiger partial charge in [0, 0.05) is 18.2 Å². The first kappa shape index (κ1) is 16.2. The van der Waals surface area contributed by atoms with Crippen molar-refractivity contribution in [1.82, 2.24) is 10.2 Å². The zero-order chi connectivity index (χ0) is 13.9. The molecule has 0 aromatic heterocycles. The van der Waals surface area contributed by atoms with E-state index in [1.54, 1.807) is 12.1 Å². The van der Waals surface area contributed by atoms with Gasteiger partial charge in [-0.2, -0.15) is 0 Å². The lowest BCUT2D eigenvalue weighted by molar-refractivity contribution is -0.131. The molecule has 2 fully saturated rings. The fraction of sp³-hybridized carbons (Fsp3) is 0.562. The normalized spacial score (nSPS) is 17.2. The van der Waals surface area contributed by atoms with E-state index in [-0.39, 0.29) is 24.1 Å². The van der Waals surface area contributed by atoms with Crippen LogP contribution in [0.25, 0.3) is 0 Å². The number of rotatable bonds is 7. The first-order valence-corrected chi connectivity index (χ1v) is 7.47. The van der Waals surface area contributed by atoms with Crippen molar-refractivity contribution >= 4 is 18.3 Å². The van der Waals surface area contributed by atoms with Crippen molar-refractivity contribution in [2.75, 3.05) is 13.1 Å². The molecule has 3 rings (SSSR count). The molecule has 1 aromatic carbocycles. The lowest BCUT2D eigenvalue weighted by Crippen LogP contribution is -2.39. The minimum Gasteiger partial charge on any atom is -0.334 e. The first-order valence-electron chi connectivity index (χ1n) is 7.47. The molecule has 0 bridgehead atoms. The van der Waals surface area contributed by atoms with Gasteiger partial charge in [-0.05, 0) is 44.2 Å². The summed E-state index contributed by atoms with van der Waals surface area (Å²) in [6, 6.07) is 7.02. The van der Waals surface area contributed by atoms with E-state index in [0.29, 0.717) is 24.7 Å². The van der Waals surface area contributed by atoms with Gasteiger partial charge in [-0.25, -0.2) is 4.39 Å². The van der Waals surface area contributed by atoms with Gasteiger partial charge in [0.1, 0.15) is 5.82 Å². The second-order valence-corrected chi connectivity index (χ2v) is 5.92. The molecule has 2 aliphatic carbocycles. The maximum Gasteiger partial charge on any atom is 0.237 e. The summed E-state index contributed by atoms with van der Waals surface area (Å²) < 4.78 is 13.7. The van der Waals surface area contributed by atoms with E-state index in [1.807, 2.05) is 11.0 Å². The molecule has 0 spiro atoms. The summed E-state index contributed by atoms with van der Waals surface area (Å²) in [5, 5.41) is 3.23. The van der Waals surface area contributed by atoms with E-state index >= 15 is 0 Å². The topological polar surface area (TPSA) is 32.3 Å². The molecule has 0 radical (unpaired) electrons. The molecule has 5 heteroatoms. The van der Waals surface area contributed by atoms with Crippen molar-refractivity contribution in [3.63, 3.8) is 0 Å². The zero-order valence-corrected chi connectivity index (χ0v) is 12.9. The van der Waals surface area contributed by atoms with Gasteiger partial charge in [0.25, 0.3) is 0 Å². The monoisotopic (exact) mass is 312 g/mol. The van der Waals surface area contributed by atoms with Crippen LogP contribution in [0.3, 0.4) is 0 Å². The number of nitrogens with zero attached hydrogens (tertiary/aromatic N) is 1. The van der Waals surface area contributed by atoms with Crippen molar-refractivity contribution in [3.05, 3.63) is 35.6 Å². The number of hydrogen-bond acceptors (Lipinski definition) is 2. The van der Waals surface area contributed by atoms with Crippen molar-refractivity contribution in [2.45, 2.75) is 38.3 Å². The molecule has 1 N–H and O–H groups in total. The van der Waals surface area contributed by atoms with Crippen LogP contribution in [0.5, 0.6) is 0 Å². The largest absolute Gasteiger partial charge is 0.334 e. The molecule has 1 amide bonds. The average molecular weight is 313 g/mol. The van der Waals surface area contributed by atoms with E-state index in [1.165, 1.54) is 18.9 Å². The van der Waals surface area contributed by atoms with Crippen LogP contribution in [0, 0.1) is 11.7 Å². The van der Waals surface area contributed by atoms with Gasteiger partial charge in [-0.1, -0.05) is 18.2 Å². The molecular weight excluding hydrogens is 291 g/mol. The first-order chi connectivity index (χ1) is 9.74. The SMILES string of the molecule is Cl.O=C(CNCC1CC1)N(Cc1ccccc1F)C1CC1. The third kappa shape index (κ3) is 4.68. The Morgan fingerprint density at radius 3 is 2.57 bits per heavy atom. The minimum atomic E-state index is -0.225. The predicted octanol–water partition coefficient (Wildman–Crippen LogP) is 2.74. The number of amides is 1. The highest BCUT2D eigenvalue weighted by molar-refractivity contribution is 5.85. The third-order valence-corrected chi connectivity index (χ3v) is 4.01. The van der Waals surface area contributed by atoms with Crippen molar-refractivity contribution in [1.29, 1.82) is 0 Å². The van der Waals surface area contributed by atoms with E-state index < -0.39 is 0 Å². The highest BCUT2D eigenvalue weighted by Gasteiger charge is 2.32. The summed E-state index contributed by atoms with van der Waals surface area (Å²) in [5.41, 5.74) is 0.606. The van der Waals surface area contributed by atoms with Gasteiger partial charge >= 0.3 is 0 Å². The summed E-state index contributed by atoms with van der Waals surface area (Å²) >= 11 is 0. The molecule has 116 valence electrons. The second-order valence-electron chi connectivity index (χ2n) is 5.92. The molecule has 1 aromatic rings. The standard InChI is InChI=1S/C16H21FN2O.ClH/c17-15-4-2-1-3-13(15)11-19(14-7-8-14)16(20)10-18-9-12-5-6-12;/h1-4,12,14,18H,5-11H2;1H. The molecule has 0 unspecified atom stereocenters. The molecule has 0 heterocycles. The Morgan fingerprint density at radius 1 is 1.24 bits per heavy atom.